The van der Waals surface area contributed by atoms with Crippen molar-refractivity contribution in [3.05, 3.63) is 174 Å². The first-order chi connectivity index (χ1) is 34.2. The van der Waals surface area contributed by atoms with E-state index < -0.39 is 8.07 Å². The maximum absolute atomic E-state index is 12.6. The van der Waals surface area contributed by atoms with Crippen LogP contribution < -0.4 is 5.19 Å². The Balaban J connectivity index is 0.00000672. The molecule has 0 amide bonds. The van der Waals surface area contributed by atoms with Gasteiger partial charge in [0.25, 0.3) is 0 Å². The molecule has 5 nitrogen and oxygen atoms in total. The second-order valence-corrected chi connectivity index (χ2v) is 30.4. The Hall–Kier alpha value is -6.33. The summed E-state index contributed by atoms with van der Waals surface area (Å²) in [6.07, 6.45) is 1.90. The van der Waals surface area contributed by atoms with E-state index in [0.29, 0.717) is 11.4 Å². The van der Waals surface area contributed by atoms with Crippen LogP contribution in [0.15, 0.2) is 150 Å². The van der Waals surface area contributed by atoms with Crippen molar-refractivity contribution in [1.29, 1.82) is 0 Å². The summed E-state index contributed by atoms with van der Waals surface area (Å²) in [6, 6.07) is 54.2. The van der Waals surface area contributed by atoms with Gasteiger partial charge >= 0.3 is 0 Å². The fraction of sp³-hybridized carbons (Fsp3) is 0.284. The topological polar surface area (TPSA) is 64.1 Å². The molecule has 0 bridgehead atoms. The molecule has 3 aromatic heterocycles. The van der Waals surface area contributed by atoms with E-state index in [-0.39, 0.29) is 48.5 Å². The van der Waals surface area contributed by atoms with Gasteiger partial charge in [-0.1, -0.05) is 198 Å². The van der Waals surface area contributed by atoms with Crippen LogP contribution in [0.2, 0.25) is 19.6 Å². The Morgan fingerprint density at radius 2 is 1.15 bits per heavy atom. The van der Waals surface area contributed by atoms with Crippen LogP contribution in [-0.2, 0) is 42.7 Å². The summed E-state index contributed by atoms with van der Waals surface area (Å²) >= 11 is 0. The van der Waals surface area contributed by atoms with E-state index in [1.54, 1.807) is 0 Å². The van der Waals surface area contributed by atoms with Gasteiger partial charge in [-0.15, -0.1) is 29.3 Å². The number of imidazole rings is 1. The van der Waals surface area contributed by atoms with E-state index in [0.717, 1.165) is 100.0 Å². The summed E-state index contributed by atoms with van der Waals surface area (Å²) in [4.78, 5) is 10.7. The number of rotatable bonds is 7. The first kappa shape index (κ1) is 52.5. The minimum absolute atomic E-state index is 0. The molecule has 0 saturated carbocycles. The van der Waals surface area contributed by atoms with Crippen LogP contribution in [-0.4, -0.2) is 27.7 Å². The van der Waals surface area contributed by atoms with Gasteiger partial charge in [0.2, 0.25) is 0 Å². The number of pyridine rings is 1. The van der Waals surface area contributed by atoms with Crippen molar-refractivity contribution in [3.63, 3.8) is 0 Å². The van der Waals surface area contributed by atoms with Crippen molar-refractivity contribution >= 4 is 46.2 Å². The fourth-order valence-corrected chi connectivity index (χ4v) is 11.2. The van der Waals surface area contributed by atoms with Crippen molar-refractivity contribution < 1.29 is 30.6 Å². The normalized spacial score (nSPS) is 12.7. The van der Waals surface area contributed by atoms with Crippen LogP contribution in [0.1, 0.15) is 105 Å². The molecule has 3 heterocycles. The predicted molar refractivity (Wildman–Crippen MR) is 312 cm³/mol. The van der Waals surface area contributed by atoms with Crippen LogP contribution in [0.5, 0.6) is 5.75 Å². The van der Waals surface area contributed by atoms with Crippen molar-refractivity contribution in [1.82, 2.24) is 14.5 Å². The van der Waals surface area contributed by atoms with Crippen molar-refractivity contribution in [3.8, 4) is 67.5 Å². The van der Waals surface area contributed by atoms with E-state index in [9.17, 15) is 5.11 Å². The molecule has 1 N–H and O–H groups in total. The third kappa shape index (κ3) is 9.89. The summed E-state index contributed by atoms with van der Waals surface area (Å²) < 4.78 is 8.84. The van der Waals surface area contributed by atoms with Gasteiger partial charge in [0, 0.05) is 54.9 Å². The molecule has 0 saturated heterocycles. The van der Waals surface area contributed by atoms with Gasteiger partial charge in [-0.3, -0.25) is 9.55 Å². The maximum atomic E-state index is 12.6. The van der Waals surface area contributed by atoms with Crippen LogP contribution >= 0.6 is 0 Å². The molecule has 380 valence electrons. The Labute approximate surface area is 454 Å². The van der Waals surface area contributed by atoms with Crippen molar-refractivity contribution in [2.45, 2.75) is 124 Å². The van der Waals surface area contributed by atoms with Crippen molar-refractivity contribution in [2.24, 2.45) is 0 Å². The number of phenols is 1. The Morgan fingerprint density at radius 3 is 1.81 bits per heavy atom. The number of para-hydroxylation sites is 1. The SMILES string of the molecule is CC(C)(C)c1cc(-c2cc(-c3ccc4c(c3)oc3cc([Si](C)(C)C)ccc34)ccn2)[c-]c(-c2cccc3c2nc(-c2cc(C(C)(C)C)cc(C(C)(C)C)c2O)n3-c2ccc(C(C)(C)C)cc2-c2ccccc2)c1.[Pt]. The molecule has 0 aliphatic carbocycles. The van der Waals surface area contributed by atoms with Crippen LogP contribution in [0, 0.1) is 6.07 Å². The first-order valence-corrected chi connectivity index (χ1v) is 29.4. The Bertz CT molecular complexity index is 3770. The van der Waals surface area contributed by atoms with Crippen LogP contribution in [0.25, 0.3) is 94.7 Å². The molecule has 0 aliphatic heterocycles. The smallest absolute Gasteiger partial charge is 0.148 e. The Morgan fingerprint density at radius 1 is 0.527 bits per heavy atom. The molecule has 7 heteroatoms. The number of phenolic OH excluding ortho intramolecular Hbond substituents is 1. The molecule has 7 aromatic carbocycles. The number of furan rings is 1. The molecule has 0 spiro atoms. The number of aromatic hydroxyl groups is 1. The second-order valence-electron chi connectivity index (χ2n) is 25.4. The second kappa shape index (κ2) is 18.8. The van der Waals surface area contributed by atoms with E-state index in [1.807, 2.05) is 6.20 Å². The van der Waals surface area contributed by atoms with Gasteiger partial charge in [0.15, 0.2) is 0 Å². The number of hydrogen-bond donors (Lipinski definition) is 1. The van der Waals surface area contributed by atoms with Crippen LogP contribution in [0.4, 0.5) is 0 Å². The molecule has 74 heavy (non-hydrogen) atoms. The standard InChI is InChI=1S/C67H70N3O2Si.Pt/c1-64(2,3)46-25-29-57(53(37-46)41-20-17-16-18-21-41)70-58-23-19-22-50(61(58)69-63(70)54-38-48(66(7,8)9)39-55(62(54)71)67(10,11)12)44-32-45(34-47(33-44)65(4,5)6)56-35-43(30-31-68-56)42-24-27-51-52-28-26-49(73(13,14)15)40-60(52)72-59(51)36-42;/h16-31,33-40,71H,1-15H3;/q-1;. The van der Waals surface area contributed by atoms with Gasteiger partial charge in [0.05, 0.1) is 30.4 Å². The van der Waals surface area contributed by atoms with E-state index in [1.165, 1.54) is 10.8 Å². The molecule has 10 rings (SSSR count). The summed E-state index contributed by atoms with van der Waals surface area (Å²) in [7, 11) is -1.51. The summed E-state index contributed by atoms with van der Waals surface area (Å²) in [6.45, 7) is 33.9. The zero-order chi connectivity index (χ0) is 52.2. The summed E-state index contributed by atoms with van der Waals surface area (Å²) in [5, 5.41) is 16.3. The van der Waals surface area contributed by atoms with E-state index in [4.69, 9.17) is 14.4 Å². The molecule has 0 unspecified atom stereocenters. The molecular weight excluding hydrogens is 1100 g/mol. The number of nitrogens with zero attached hydrogens (tertiary/aromatic N) is 3. The van der Waals surface area contributed by atoms with E-state index in [2.05, 4.69) is 253 Å². The zero-order valence-electron chi connectivity index (χ0n) is 45.9. The van der Waals surface area contributed by atoms with Gasteiger partial charge < -0.3 is 9.52 Å². The van der Waals surface area contributed by atoms with Gasteiger partial charge in [-0.2, -0.15) is 0 Å². The molecule has 0 radical (unpaired) electrons. The Kier molecular flexibility index (Phi) is 13.3. The van der Waals surface area contributed by atoms with Crippen molar-refractivity contribution in [2.75, 3.05) is 0 Å². The number of hydrogen-bond acceptors (Lipinski definition) is 4. The molecular formula is C67H70N3O2PtSi-. The van der Waals surface area contributed by atoms with Crippen LogP contribution in [0.3, 0.4) is 0 Å². The zero-order valence-corrected chi connectivity index (χ0v) is 49.1. The minimum atomic E-state index is -1.51. The molecule has 0 aliphatic rings. The fourth-order valence-electron chi connectivity index (χ4n) is 10.1. The summed E-state index contributed by atoms with van der Waals surface area (Å²) in [5.41, 5.74) is 16.8. The number of benzene rings is 7. The average molecular weight is 1170 g/mol. The predicted octanol–water partition coefficient (Wildman–Crippen LogP) is 17.9. The maximum Gasteiger partial charge on any atom is 0.148 e. The third-order valence-electron chi connectivity index (χ3n) is 14.6. The largest absolute Gasteiger partial charge is 0.507 e. The summed E-state index contributed by atoms with van der Waals surface area (Å²) in [5.74, 6) is 0.924. The van der Waals surface area contributed by atoms with E-state index >= 15 is 0 Å². The molecule has 0 atom stereocenters. The van der Waals surface area contributed by atoms with Gasteiger partial charge in [-0.05, 0) is 98.0 Å². The third-order valence-corrected chi connectivity index (χ3v) is 16.7. The van der Waals surface area contributed by atoms with Gasteiger partial charge in [0.1, 0.15) is 22.7 Å². The number of fused-ring (bicyclic) bond motifs is 4. The van der Waals surface area contributed by atoms with Gasteiger partial charge in [-0.25, -0.2) is 4.98 Å². The average Bonchev–Trinajstić information content (AvgIpc) is 3.90. The first-order valence-electron chi connectivity index (χ1n) is 25.9. The minimum Gasteiger partial charge on any atom is -0.507 e. The molecule has 10 aromatic rings. The molecule has 0 fully saturated rings. The monoisotopic (exact) mass is 1170 g/mol. The quantitative estimate of drug-likeness (QED) is 0.128. The number of aromatic nitrogens is 3.